The molecular formula is C20H28N4O. The first-order chi connectivity index (χ1) is 12.2. The second-order valence-corrected chi connectivity index (χ2v) is 6.83. The number of aromatic nitrogens is 1. The lowest BCUT2D eigenvalue weighted by atomic mass is 10.2. The smallest absolute Gasteiger partial charge is 0.0793 e. The molecule has 1 aromatic carbocycles. The molecule has 0 amide bonds. The van der Waals surface area contributed by atoms with Crippen LogP contribution in [0.1, 0.15) is 5.56 Å². The van der Waals surface area contributed by atoms with Crippen molar-refractivity contribution in [2.75, 3.05) is 51.2 Å². The highest BCUT2D eigenvalue weighted by atomic mass is 16.3. The molecule has 5 heteroatoms. The molecule has 0 bridgehead atoms. The number of hydrogen-bond acceptors (Lipinski definition) is 5. The van der Waals surface area contributed by atoms with E-state index in [0.29, 0.717) is 6.54 Å². The van der Waals surface area contributed by atoms with Crippen LogP contribution >= 0.6 is 0 Å². The van der Waals surface area contributed by atoms with Crippen molar-refractivity contribution in [3.05, 3.63) is 60.4 Å². The Labute approximate surface area is 150 Å². The van der Waals surface area contributed by atoms with Gasteiger partial charge in [-0.15, -0.1) is 0 Å². The normalized spacial score (nSPS) is 17.0. The van der Waals surface area contributed by atoms with Gasteiger partial charge in [-0.2, -0.15) is 0 Å². The third-order valence-corrected chi connectivity index (χ3v) is 4.69. The first kappa shape index (κ1) is 17.9. The van der Waals surface area contributed by atoms with Gasteiger partial charge in [-0.3, -0.25) is 14.8 Å². The molecule has 1 atom stereocenters. The Hall–Kier alpha value is -1.95. The molecule has 0 spiro atoms. The summed E-state index contributed by atoms with van der Waals surface area (Å²) in [6.07, 6.45) is 3.36. The Bertz CT molecular complexity index is 614. The Morgan fingerprint density at radius 1 is 1.04 bits per heavy atom. The minimum atomic E-state index is -0.318. The minimum absolute atomic E-state index is 0.318. The second kappa shape index (κ2) is 8.94. The van der Waals surface area contributed by atoms with Gasteiger partial charge in [-0.25, -0.2) is 0 Å². The summed E-state index contributed by atoms with van der Waals surface area (Å²) >= 11 is 0. The Balaban J connectivity index is 1.39. The molecule has 1 N–H and O–H groups in total. The van der Waals surface area contributed by atoms with Gasteiger partial charge in [0.2, 0.25) is 0 Å². The van der Waals surface area contributed by atoms with Crippen molar-refractivity contribution in [1.82, 2.24) is 14.8 Å². The van der Waals surface area contributed by atoms with Crippen LogP contribution in [0.3, 0.4) is 0 Å². The Kier molecular flexibility index (Phi) is 6.39. The highest BCUT2D eigenvalue weighted by Crippen LogP contribution is 2.15. The van der Waals surface area contributed by atoms with E-state index >= 15 is 0 Å². The van der Waals surface area contributed by atoms with Gasteiger partial charge in [-0.05, 0) is 24.7 Å². The molecule has 0 radical (unpaired) electrons. The van der Waals surface area contributed by atoms with Crippen molar-refractivity contribution in [3.63, 3.8) is 0 Å². The van der Waals surface area contributed by atoms with Crippen molar-refractivity contribution in [2.24, 2.45) is 0 Å². The highest BCUT2D eigenvalue weighted by molar-refractivity contribution is 5.44. The lowest BCUT2D eigenvalue weighted by Crippen LogP contribution is -2.49. The van der Waals surface area contributed by atoms with E-state index in [1.807, 2.05) is 18.5 Å². The standard InChI is InChI=1S/C20H28N4O/c1-22(15-18-5-3-2-4-6-18)16-20(25)17-23-11-13-24(14-12-23)19-7-9-21-10-8-19/h2-10,20,25H,11-17H2,1H3. The topological polar surface area (TPSA) is 42.8 Å². The number of hydrogen-bond donors (Lipinski definition) is 1. The van der Waals surface area contributed by atoms with Crippen LogP contribution in [0.5, 0.6) is 0 Å². The molecule has 1 aliphatic heterocycles. The van der Waals surface area contributed by atoms with Crippen molar-refractivity contribution in [2.45, 2.75) is 12.6 Å². The summed E-state index contributed by atoms with van der Waals surface area (Å²) in [4.78, 5) is 11.0. The molecule has 134 valence electrons. The molecule has 0 aliphatic carbocycles. The zero-order chi connectivity index (χ0) is 17.5. The molecule has 1 fully saturated rings. The molecule has 1 saturated heterocycles. The number of nitrogens with zero attached hydrogens (tertiary/aromatic N) is 4. The Morgan fingerprint density at radius 3 is 2.40 bits per heavy atom. The summed E-state index contributed by atoms with van der Waals surface area (Å²) in [7, 11) is 2.07. The molecule has 3 rings (SSSR count). The molecule has 1 aromatic heterocycles. The van der Waals surface area contributed by atoms with Crippen LogP contribution in [-0.4, -0.2) is 72.3 Å². The van der Waals surface area contributed by atoms with Crippen LogP contribution in [-0.2, 0) is 6.54 Å². The average Bonchev–Trinajstić information content (AvgIpc) is 2.63. The van der Waals surface area contributed by atoms with E-state index in [-0.39, 0.29) is 6.10 Å². The number of β-amino-alcohol motifs (C(OH)–C–C–N with tert-alkyl or cyclic N) is 1. The number of aliphatic hydroxyl groups excluding tert-OH is 1. The number of aliphatic hydroxyl groups is 1. The molecule has 2 heterocycles. The maximum atomic E-state index is 10.4. The lowest BCUT2D eigenvalue weighted by molar-refractivity contribution is 0.0777. The van der Waals surface area contributed by atoms with Crippen molar-refractivity contribution >= 4 is 5.69 Å². The number of anilines is 1. The van der Waals surface area contributed by atoms with E-state index in [1.54, 1.807) is 0 Å². The first-order valence-electron chi connectivity index (χ1n) is 8.98. The van der Waals surface area contributed by atoms with E-state index in [0.717, 1.165) is 39.3 Å². The lowest BCUT2D eigenvalue weighted by Gasteiger charge is -2.37. The molecule has 25 heavy (non-hydrogen) atoms. The fourth-order valence-electron chi connectivity index (χ4n) is 3.42. The predicted octanol–water partition coefficient (Wildman–Crippen LogP) is 1.70. The van der Waals surface area contributed by atoms with Gasteiger partial charge >= 0.3 is 0 Å². The zero-order valence-electron chi connectivity index (χ0n) is 15.0. The second-order valence-electron chi connectivity index (χ2n) is 6.83. The van der Waals surface area contributed by atoms with Gasteiger partial charge in [0.05, 0.1) is 6.10 Å². The summed E-state index contributed by atoms with van der Waals surface area (Å²) in [5.74, 6) is 0. The van der Waals surface area contributed by atoms with E-state index in [9.17, 15) is 5.11 Å². The van der Waals surface area contributed by atoms with Gasteiger partial charge in [0, 0.05) is 63.9 Å². The fraction of sp³-hybridized carbons (Fsp3) is 0.450. The van der Waals surface area contributed by atoms with Crippen LogP contribution in [0, 0.1) is 0 Å². The summed E-state index contributed by atoms with van der Waals surface area (Å²) in [5, 5.41) is 10.4. The van der Waals surface area contributed by atoms with E-state index in [2.05, 4.69) is 63.1 Å². The van der Waals surface area contributed by atoms with E-state index < -0.39 is 0 Å². The van der Waals surface area contributed by atoms with Crippen molar-refractivity contribution in [1.29, 1.82) is 0 Å². The van der Waals surface area contributed by atoms with Crippen molar-refractivity contribution in [3.8, 4) is 0 Å². The summed E-state index contributed by atoms with van der Waals surface area (Å²) < 4.78 is 0. The molecule has 2 aromatic rings. The van der Waals surface area contributed by atoms with Gasteiger partial charge in [0.25, 0.3) is 0 Å². The van der Waals surface area contributed by atoms with Crippen LogP contribution in [0.15, 0.2) is 54.9 Å². The van der Waals surface area contributed by atoms with E-state index in [1.165, 1.54) is 11.3 Å². The summed E-state index contributed by atoms with van der Waals surface area (Å²) in [6.45, 7) is 6.27. The third-order valence-electron chi connectivity index (χ3n) is 4.69. The third kappa shape index (κ3) is 5.53. The molecular weight excluding hydrogens is 312 g/mol. The first-order valence-corrected chi connectivity index (χ1v) is 8.98. The maximum Gasteiger partial charge on any atom is 0.0793 e. The largest absolute Gasteiger partial charge is 0.390 e. The number of piperazine rings is 1. The monoisotopic (exact) mass is 340 g/mol. The van der Waals surface area contributed by atoms with Gasteiger partial charge in [0.1, 0.15) is 0 Å². The summed E-state index contributed by atoms with van der Waals surface area (Å²) in [5.41, 5.74) is 2.51. The van der Waals surface area contributed by atoms with Crippen LogP contribution in [0.25, 0.3) is 0 Å². The molecule has 0 saturated carbocycles. The predicted molar refractivity (Wildman–Crippen MR) is 102 cm³/mol. The maximum absolute atomic E-state index is 10.4. The van der Waals surface area contributed by atoms with Crippen LogP contribution < -0.4 is 4.90 Å². The van der Waals surface area contributed by atoms with Gasteiger partial charge in [0.15, 0.2) is 0 Å². The molecule has 5 nitrogen and oxygen atoms in total. The summed E-state index contributed by atoms with van der Waals surface area (Å²) in [6, 6.07) is 14.5. The SMILES string of the molecule is CN(Cc1ccccc1)CC(O)CN1CCN(c2ccncc2)CC1. The fourth-order valence-corrected chi connectivity index (χ4v) is 3.42. The Morgan fingerprint density at radius 2 is 1.72 bits per heavy atom. The molecule has 1 unspecified atom stereocenters. The number of pyridine rings is 1. The van der Waals surface area contributed by atoms with Crippen LogP contribution in [0.4, 0.5) is 5.69 Å². The number of rotatable bonds is 7. The van der Waals surface area contributed by atoms with Crippen LogP contribution in [0.2, 0.25) is 0 Å². The average molecular weight is 340 g/mol. The van der Waals surface area contributed by atoms with Gasteiger partial charge in [-0.1, -0.05) is 30.3 Å². The quantitative estimate of drug-likeness (QED) is 0.831. The highest BCUT2D eigenvalue weighted by Gasteiger charge is 2.20. The molecule has 1 aliphatic rings. The number of benzene rings is 1. The van der Waals surface area contributed by atoms with Gasteiger partial charge < -0.3 is 10.0 Å². The number of likely N-dealkylation sites (N-methyl/N-ethyl adjacent to an activating group) is 1. The minimum Gasteiger partial charge on any atom is -0.390 e. The zero-order valence-corrected chi connectivity index (χ0v) is 15.0. The van der Waals surface area contributed by atoms with E-state index in [4.69, 9.17) is 0 Å². The van der Waals surface area contributed by atoms with Crippen molar-refractivity contribution < 1.29 is 5.11 Å².